The molecular weight excluding hydrogens is 144 g/mol. The zero-order valence-electron chi connectivity index (χ0n) is 6.54. The summed E-state index contributed by atoms with van der Waals surface area (Å²) in [5.74, 6) is -0.313. The second kappa shape index (κ2) is 1.97. The van der Waals surface area contributed by atoms with Gasteiger partial charge >= 0.3 is 5.97 Å². The van der Waals surface area contributed by atoms with E-state index in [9.17, 15) is 4.79 Å². The van der Waals surface area contributed by atoms with Crippen LogP contribution in [-0.4, -0.2) is 24.3 Å². The van der Waals surface area contributed by atoms with Crippen molar-refractivity contribution in [3.05, 3.63) is 0 Å². The first-order valence-corrected chi connectivity index (χ1v) is 3.97. The predicted octanol–water partition coefficient (Wildman–Crippen LogP) is 0.886. The molecule has 2 saturated carbocycles. The van der Waals surface area contributed by atoms with Crippen LogP contribution in [0.25, 0.3) is 0 Å². The summed E-state index contributed by atoms with van der Waals surface area (Å²) in [5.41, 5.74) is -0.374. The normalized spacial score (nSPS) is 47.0. The van der Waals surface area contributed by atoms with Crippen LogP contribution in [0.4, 0.5) is 0 Å². The summed E-state index contributed by atoms with van der Waals surface area (Å²) in [6.07, 6.45) is 2.78. The minimum absolute atomic E-state index is 0.214. The lowest BCUT2D eigenvalue weighted by atomic mass is 10.1. The van der Waals surface area contributed by atoms with E-state index in [2.05, 4.69) is 0 Å². The van der Waals surface area contributed by atoms with Gasteiger partial charge in [-0.3, -0.25) is 4.79 Å². The zero-order valence-corrected chi connectivity index (χ0v) is 6.54. The molecule has 0 aliphatic heterocycles. The van der Waals surface area contributed by atoms with E-state index in [-0.39, 0.29) is 11.5 Å². The van der Waals surface area contributed by atoms with E-state index in [1.807, 2.05) is 0 Å². The maximum absolute atomic E-state index is 10.8. The third-order valence-electron chi connectivity index (χ3n) is 3.19. The summed E-state index contributed by atoms with van der Waals surface area (Å²) in [5, 5.41) is 8.87. The van der Waals surface area contributed by atoms with Gasteiger partial charge in [0.15, 0.2) is 0 Å². The van der Waals surface area contributed by atoms with Gasteiger partial charge in [-0.1, -0.05) is 0 Å². The van der Waals surface area contributed by atoms with Crippen LogP contribution in [0, 0.1) is 11.3 Å². The highest BCUT2D eigenvalue weighted by Crippen LogP contribution is 2.64. The highest BCUT2D eigenvalue weighted by Gasteiger charge is 2.67. The Morgan fingerprint density at radius 2 is 2.45 bits per heavy atom. The molecule has 3 unspecified atom stereocenters. The molecule has 0 aromatic heterocycles. The van der Waals surface area contributed by atoms with E-state index in [1.165, 1.54) is 0 Å². The standard InChI is InChI=1S/C8H12O3/c1-11-6-2-3-8(7(9)10)4-5(6)8/h5-6H,2-4H2,1H3,(H,9,10). The second-order valence-corrected chi connectivity index (χ2v) is 3.58. The van der Waals surface area contributed by atoms with Gasteiger partial charge in [0.05, 0.1) is 11.5 Å². The van der Waals surface area contributed by atoms with E-state index in [1.54, 1.807) is 7.11 Å². The molecule has 3 atom stereocenters. The van der Waals surface area contributed by atoms with Crippen molar-refractivity contribution in [1.82, 2.24) is 0 Å². The predicted molar refractivity (Wildman–Crippen MR) is 38.2 cm³/mol. The van der Waals surface area contributed by atoms with Crippen LogP contribution in [0.5, 0.6) is 0 Å². The molecule has 11 heavy (non-hydrogen) atoms. The number of carbonyl (C=O) groups is 1. The third-order valence-corrected chi connectivity index (χ3v) is 3.19. The fourth-order valence-electron chi connectivity index (χ4n) is 2.34. The van der Waals surface area contributed by atoms with E-state index < -0.39 is 5.97 Å². The summed E-state index contributed by atoms with van der Waals surface area (Å²) >= 11 is 0. The van der Waals surface area contributed by atoms with Gasteiger partial charge in [-0.2, -0.15) is 0 Å². The van der Waals surface area contributed by atoms with Crippen molar-refractivity contribution >= 4 is 5.97 Å². The lowest BCUT2D eigenvalue weighted by Crippen LogP contribution is -2.14. The molecule has 2 aliphatic rings. The molecule has 62 valence electrons. The SMILES string of the molecule is COC1CCC2(C(=O)O)CC12. The van der Waals surface area contributed by atoms with Crippen LogP contribution >= 0.6 is 0 Å². The highest BCUT2D eigenvalue weighted by atomic mass is 16.5. The maximum atomic E-state index is 10.8. The van der Waals surface area contributed by atoms with Gasteiger partial charge in [0.25, 0.3) is 0 Å². The number of fused-ring (bicyclic) bond motifs is 1. The molecule has 0 spiro atoms. The fourth-order valence-corrected chi connectivity index (χ4v) is 2.34. The number of carboxylic acids is 1. The van der Waals surface area contributed by atoms with Crippen LogP contribution in [0.2, 0.25) is 0 Å². The molecule has 2 aliphatic carbocycles. The minimum atomic E-state index is -0.623. The van der Waals surface area contributed by atoms with Gasteiger partial charge in [-0.15, -0.1) is 0 Å². The Morgan fingerprint density at radius 1 is 1.73 bits per heavy atom. The Kier molecular flexibility index (Phi) is 1.27. The van der Waals surface area contributed by atoms with E-state index in [0.29, 0.717) is 5.92 Å². The Hall–Kier alpha value is -0.570. The number of rotatable bonds is 2. The van der Waals surface area contributed by atoms with Crippen molar-refractivity contribution in [3.8, 4) is 0 Å². The van der Waals surface area contributed by atoms with Crippen molar-refractivity contribution in [2.24, 2.45) is 11.3 Å². The van der Waals surface area contributed by atoms with Gasteiger partial charge in [-0.05, 0) is 19.3 Å². The van der Waals surface area contributed by atoms with Gasteiger partial charge in [-0.25, -0.2) is 0 Å². The molecular formula is C8H12O3. The van der Waals surface area contributed by atoms with Crippen molar-refractivity contribution in [1.29, 1.82) is 0 Å². The summed E-state index contributed by atoms with van der Waals surface area (Å²) in [6.45, 7) is 0. The fraction of sp³-hybridized carbons (Fsp3) is 0.875. The van der Waals surface area contributed by atoms with Crippen molar-refractivity contribution in [3.63, 3.8) is 0 Å². The number of hydrogen-bond donors (Lipinski definition) is 1. The molecule has 0 aromatic carbocycles. The minimum Gasteiger partial charge on any atom is -0.481 e. The average Bonchev–Trinajstić information content (AvgIpc) is 2.61. The Balaban J connectivity index is 2.10. The van der Waals surface area contributed by atoms with Crippen LogP contribution in [-0.2, 0) is 9.53 Å². The number of methoxy groups -OCH3 is 1. The van der Waals surface area contributed by atoms with Gasteiger partial charge in [0.1, 0.15) is 0 Å². The Morgan fingerprint density at radius 3 is 2.73 bits per heavy atom. The molecule has 0 amide bonds. The number of carboxylic acid groups (broad SMARTS) is 1. The van der Waals surface area contributed by atoms with Gasteiger partial charge < -0.3 is 9.84 Å². The summed E-state index contributed by atoms with van der Waals surface area (Å²) in [6, 6.07) is 0. The third kappa shape index (κ3) is 0.745. The maximum Gasteiger partial charge on any atom is 0.310 e. The first-order valence-electron chi connectivity index (χ1n) is 3.97. The Labute approximate surface area is 65.4 Å². The van der Waals surface area contributed by atoms with Crippen LogP contribution < -0.4 is 0 Å². The Bertz CT molecular complexity index is 202. The van der Waals surface area contributed by atoms with Crippen LogP contribution in [0.1, 0.15) is 19.3 Å². The van der Waals surface area contributed by atoms with Crippen LogP contribution in [0.3, 0.4) is 0 Å². The summed E-state index contributed by atoms with van der Waals surface area (Å²) < 4.78 is 5.18. The van der Waals surface area contributed by atoms with Crippen LogP contribution in [0.15, 0.2) is 0 Å². The monoisotopic (exact) mass is 156 g/mol. The zero-order chi connectivity index (χ0) is 8.06. The van der Waals surface area contributed by atoms with Gasteiger partial charge in [0, 0.05) is 13.0 Å². The highest BCUT2D eigenvalue weighted by molar-refractivity contribution is 5.79. The first kappa shape index (κ1) is 7.10. The topological polar surface area (TPSA) is 46.5 Å². The quantitative estimate of drug-likeness (QED) is 0.645. The largest absolute Gasteiger partial charge is 0.481 e. The number of hydrogen-bond acceptors (Lipinski definition) is 2. The summed E-state index contributed by atoms with van der Waals surface area (Å²) in [4.78, 5) is 10.8. The first-order chi connectivity index (χ1) is 5.20. The molecule has 1 N–H and O–H groups in total. The van der Waals surface area contributed by atoms with E-state index in [4.69, 9.17) is 9.84 Å². The lowest BCUT2D eigenvalue weighted by molar-refractivity contribution is -0.143. The molecule has 0 heterocycles. The molecule has 0 aromatic rings. The molecule has 2 fully saturated rings. The van der Waals surface area contributed by atoms with Crippen molar-refractivity contribution < 1.29 is 14.6 Å². The van der Waals surface area contributed by atoms with Crippen molar-refractivity contribution in [2.75, 3.05) is 7.11 Å². The average molecular weight is 156 g/mol. The molecule has 0 bridgehead atoms. The van der Waals surface area contributed by atoms with E-state index >= 15 is 0 Å². The smallest absolute Gasteiger partial charge is 0.310 e. The number of ether oxygens (including phenoxy) is 1. The molecule has 0 radical (unpaired) electrons. The lowest BCUT2D eigenvalue weighted by Gasteiger charge is -2.06. The molecule has 0 saturated heterocycles. The molecule has 3 heteroatoms. The molecule has 2 rings (SSSR count). The number of aliphatic carboxylic acids is 1. The van der Waals surface area contributed by atoms with E-state index in [0.717, 1.165) is 19.3 Å². The molecule has 3 nitrogen and oxygen atoms in total. The van der Waals surface area contributed by atoms with Crippen molar-refractivity contribution in [2.45, 2.75) is 25.4 Å². The van der Waals surface area contributed by atoms with Gasteiger partial charge in [0.2, 0.25) is 0 Å². The second-order valence-electron chi connectivity index (χ2n) is 3.58. The summed E-state index contributed by atoms with van der Waals surface area (Å²) in [7, 11) is 1.67.